The summed E-state index contributed by atoms with van der Waals surface area (Å²) >= 11 is 0. The van der Waals surface area contributed by atoms with Crippen LogP contribution in [0.4, 0.5) is 0 Å². The van der Waals surface area contributed by atoms with Crippen molar-refractivity contribution < 1.29 is 19.1 Å². The topological polar surface area (TPSA) is 119 Å². The van der Waals surface area contributed by atoms with E-state index in [1.165, 1.54) is 31.6 Å². The van der Waals surface area contributed by atoms with E-state index in [9.17, 15) is 24.0 Å². The lowest BCUT2D eigenvalue weighted by atomic mass is 9.86. The summed E-state index contributed by atoms with van der Waals surface area (Å²) in [6.07, 6.45) is 8.11. The summed E-state index contributed by atoms with van der Waals surface area (Å²) in [5.41, 5.74) is 1.29. The molecule has 0 fully saturated rings. The maximum atomic E-state index is 12.4. The maximum Gasteiger partial charge on any atom is 0.336 e. The van der Waals surface area contributed by atoms with Crippen molar-refractivity contribution >= 4 is 11.6 Å². The third kappa shape index (κ3) is 37.3. The molecule has 1 aromatic heterocycles. The van der Waals surface area contributed by atoms with E-state index in [1.807, 2.05) is 26.0 Å². The van der Waals surface area contributed by atoms with E-state index in [0.717, 1.165) is 45.1 Å². The Morgan fingerprint density at radius 2 is 0.984 bits per heavy atom. The van der Waals surface area contributed by atoms with Crippen molar-refractivity contribution in [2.75, 3.05) is 6.61 Å². The van der Waals surface area contributed by atoms with Crippen LogP contribution in [-0.4, -0.2) is 38.2 Å². The van der Waals surface area contributed by atoms with Gasteiger partial charge in [-0.25, -0.2) is 28.1 Å². The van der Waals surface area contributed by atoms with Gasteiger partial charge < -0.3 is 9.47 Å². The minimum Gasteiger partial charge on any atom is -0.465 e. The molecule has 1 atom stereocenters. The molecule has 1 unspecified atom stereocenters. The molecule has 0 saturated carbocycles. The number of carbonyl (C=O) groups excluding carboxylic acids is 2. The molecule has 0 amide bonds. The highest BCUT2D eigenvalue weighted by molar-refractivity contribution is 6.00. The predicted octanol–water partition coefficient (Wildman–Crippen LogP) is 12.5. The van der Waals surface area contributed by atoms with Gasteiger partial charge in [-0.05, 0) is 105 Å². The van der Waals surface area contributed by atoms with Gasteiger partial charge in [0.25, 0.3) is 0 Å². The van der Waals surface area contributed by atoms with E-state index < -0.39 is 17.1 Å². The third-order valence-corrected chi connectivity index (χ3v) is 8.08. The summed E-state index contributed by atoms with van der Waals surface area (Å²) in [5.74, 6) is 0.513. The highest BCUT2D eigenvalue weighted by Gasteiger charge is 2.20. The summed E-state index contributed by atoms with van der Waals surface area (Å²) in [6, 6.07) is 8.27. The summed E-state index contributed by atoms with van der Waals surface area (Å²) in [7, 11) is 0. The smallest absolute Gasteiger partial charge is 0.336 e. The number of rotatable bonds is 17. The summed E-state index contributed by atoms with van der Waals surface area (Å²) in [6.45, 7) is 52.1. The second kappa shape index (κ2) is 29.6. The summed E-state index contributed by atoms with van der Waals surface area (Å²) in [5, 5.41) is 0. The average molecular weight is 886 g/mol. The lowest BCUT2D eigenvalue weighted by Gasteiger charge is -2.19. The number of nitrogens with zero attached hydrogens (tertiary/aromatic N) is 3. The van der Waals surface area contributed by atoms with E-state index in [-0.39, 0.29) is 47.7 Å². The maximum absolute atomic E-state index is 12.4. The fraction of sp³-hybridized carbons (Fsp3) is 0.717. The largest absolute Gasteiger partial charge is 0.465 e. The Hall–Kier alpha value is -3.79. The lowest BCUT2D eigenvalue weighted by molar-refractivity contribution is -0.130. The van der Waals surface area contributed by atoms with Gasteiger partial charge in [0.15, 0.2) is 6.29 Å². The molecule has 2 aromatic rings. The second-order valence-electron chi connectivity index (χ2n) is 23.2. The number of carbonyl (C=O) groups is 2. The van der Waals surface area contributed by atoms with Gasteiger partial charge in [-0.1, -0.05) is 148 Å². The van der Waals surface area contributed by atoms with E-state index in [2.05, 4.69) is 143 Å². The first-order valence-electron chi connectivity index (χ1n) is 22.9. The molecule has 0 aliphatic heterocycles. The molecule has 0 bridgehead atoms. The van der Waals surface area contributed by atoms with Crippen LogP contribution in [-0.2, 0) is 40.4 Å². The molecule has 2 rings (SSSR count). The molecular weight excluding hydrogens is 791 g/mol. The fourth-order valence-electron chi connectivity index (χ4n) is 5.50. The van der Waals surface area contributed by atoms with Gasteiger partial charge >= 0.3 is 17.1 Å². The number of ketones is 2. The van der Waals surface area contributed by atoms with Crippen LogP contribution in [0.15, 0.2) is 64.0 Å². The second-order valence-corrected chi connectivity index (χ2v) is 23.2. The number of hydrogen-bond donors (Lipinski definition) is 0. The van der Waals surface area contributed by atoms with Gasteiger partial charge in [0.2, 0.25) is 0 Å². The monoisotopic (exact) mass is 886 g/mol. The number of benzene rings is 1. The van der Waals surface area contributed by atoms with Gasteiger partial charge in [-0.15, -0.1) is 13.2 Å². The molecule has 1 aromatic carbocycles. The zero-order valence-electron chi connectivity index (χ0n) is 44.3. The number of hydrogen-bond acceptors (Lipinski definition) is 7. The molecule has 0 aliphatic rings. The third-order valence-electron chi connectivity index (χ3n) is 8.08. The molecule has 0 aliphatic carbocycles. The highest BCUT2D eigenvalue weighted by atomic mass is 16.7. The molecule has 10 heteroatoms. The van der Waals surface area contributed by atoms with Crippen molar-refractivity contribution in [1.82, 2.24) is 13.7 Å². The Kier molecular flexibility index (Phi) is 29.8. The first-order valence-corrected chi connectivity index (χ1v) is 22.9. The van der Waals surface area contributed by atoms with Gasteiger partial charge in [-0.3, -0.25) is 9.59 Å². The van der Waals surface area contributed by atoms with Crippen LogP contribution >= 0.6 is 0 Å². The molecule has 364 valence electrons. The Morgan fingerprint density at radius 1 is 0.619 bits per heavy atom. The predicted molar refractivity (Wildman–Crippen MR) is 268 cm³/mol. The number of Topliss-reactive ketones (excluding diaryl/α,β-unsaturated/α-hetero) is 2. The molecule has 0 radical (unpaired) electrons. The number of allylic oxidation sites excluding steroid dienone is 2. The highest BCUT2D eigenvalue weighted by Crippen LogP contribution is 2.25. The van der Waals surface area contributed by atoms with Crippen LogP contribution in [0, 0.1) is 33.0 Å². The van der Waals surface area contributed by atoms with E-state index >= 15 is 0 Å². The zero-order chi connectivity index (χ0) is 50.2. The summed E-state index contributed by atoms with van der Waals surface area (Å²) < 4.78 is 14.1. The van der Waals surface area contributed by atoms with Crippen LogP contribution in [0.3, 0.4) is 0 Å². The Bertz CT molecular complexity index is 1710. The van der Waals surface area contributed by atoms with Crippen LogP contribution in [0.1, 0.15) is 183 Å². The zero-order valence-corrected chi connectivity index (χ0v) is 44.3. The molecule has 0 N–H and O–H groups in total. The van der Waals surface area contributed by atoms with Crippen LogP contribution in [0.2, 0.25) is 0 Å². The molecule has 10 nitrogen and oxygen atoms in total. The fourth-order valence-corrected chi connectivity index (χ4v) is 5.50. The average Bonchev–Trinajstić information content (AvgIpc) is 3.07. The van der Waals surface area contributed by atoms with E-state index in [1.54, 1.807) is 0 Å². The summed E-state index contributed by atoms with van der Waals surface area (Å²) in [4.78, 5) is 59.1. The Labute approximate surface area is 385 Å². The standard InChI is InChI=1S/C16H25N3O3.C15H24O2.C12H22O2.2C5H12/c1-6-10-17-13(20)18(11-7-2)15(22)19(14(17)21)12-8-9-16(3,4)5;1-6-16-12(2)17-14-9-7-13(8-10-14)11-15(3,4)5;1-9(13)11(10(2)14)7-6-8-12(3,4)5;2*1-5(2,3)4/h6-7H,1-2,8-12H2,3-5H3;7-10,12H,6,11H2,1-5H3;11H,6-8H2,1-5H3;2*1-4H3. The first kappa shape index (κ1) is 63.5. The van der Waals surface area contributed by atoms with E-state index in [0.29, 0.717) is 42.2 Å². The van der Waals surface area contributed by atoms with Gasteiger partial charge in [0.05, 0.1) is 19.0 Å². The molecule has 0 spiro atoms. The Morgan fingerprint density at radius 3 is 1.30 bits per heavy atom. The SMILES string of the molecule is C=CCn1c(=O)n(CC=C)c(=O)n(CCCC(C)(C)C)c1=O.CC(=O)C(CCCC(C)(C)C)C(C)=O.CC(C)(C)C.CC(C)(C)C.CCOC(C)Oc1ccc(CC(C)(C)C)cc1. The van der Waals surface area contributed by atoms with Crippen molar-refractivity contribution in [1.29, 1.82) is 0 Å². The van der Waals surface area contributed by atoms with Gasteiger partial charge in [0.1, 0.15) is 17.3 Å². The van der Waals surface area contributed by atoms with Crippen LogP contribution in [0.25, 0.3) is 0 Å². The van der Waals surface area contributed by atoms with Crippen molar-refractivity contribution in [3.05, 3.63) is 86.6 Å². The van der Waals surface area contributed by atoms with E-state index in [4.69, 9.17) is 9.47 Å². The normalized spacial score (nSPS) is 12.2. The Balaban J connectivity index is -0.000000786. The molecule has 63 heavy (non-hydrogen) atoms. The lowest BCUT2D eigenvalue weighted by Crippen LogP contribution is -2.54. The first-order chi connectivity index (χ1) is 28.4. The number of aromatic nitrogens is 3. The number of ether oxygens (including phenoxy) is 2. The van der Waals surface area contributed by atoms with Crippen LogP contribution < -0.4 is 21.8 Å². The minimum atomic E-state index is -0.623. The quantitative estimate of drug-likeness (QED) is 0.0881. The van der Waals surface area contributed by atoms with Gasteiger partial charge in [0, 0.05) is 13.2 Å². The van der Waals surface area contributed by atoms with Crippen molar-refractivity contribution in [3.63, 3.8) is 0 Å². The molecular formula is C53H95N3O7. The van der Waals surface area contributed by atoms with Crippen molar-refractivity contribution in [2.45, 2.75) is 210 Å². The molecule has 1 heterocycles. The minimum absolute atomic E-state index is 0.00593. The van der Waals surface area contributed by atoms with Crippen molar-refractivity contribution in [3.8, 4) is 5.75 Å². The van der Waals surface area contributed by atoms with Gasteiger partial charge in [-0.2, -0.15) is 0 Å². The van der Waals surface area contributed by atoms with Crippen molar-refractivity contribution in [2.24, 2.45) is 33.0 Å². The van der Waals surface area contributed by atoms with Crippen LogP contribution in [0.5, 0.6) is 5.75 Å². The molecule has 0 saturated heterocycles.